The van der Waals surface area contributed by atoms with E-state index in [0.29, 0.717) is 15.8 Å². The molecule has 0 saturated carbocycles. The second-order valence-corrected chi connectivity index (χ2v) is 7.80. The van der Waals surface area contributed by atoms with Crippen molar-refractivity contribution in [3.63, 3.8) is 0 Å². The van der Waals surface area contributed by atoms with Crippen LogP contribution in [0.3, 0.4) is 0 Å². The molecule has 2 heterocycles. The van der Waals surface area contributed by atoms with Gasteiger partial charge in [-0.2, -0.15) is 0 Å². The summed E-state index contributed by atoms with van der Waals surface area (Å²) in [6.45, 7) is 1.48. The average molecular weight is 380 g/mol. The topological polar surface area (TPSA) is 77.3 Å². The number of carbonyl (C=O) groups excluding carboxylic acids is 1. The van der Waals surface area contributed by atoms with Crippen LogP contribution in [-0.2, 0) is 4.79 Å². The lowest BCUT2D eigenvalue weighted by Crippen LogP contribution is -2.34. The van der Waals surface area contributed by atoms with Gasteiger partial charge >= 0.3 is 0 Å². The molecule has 1 amide bonds. The second kappa shape index (κ2) is 6.96. The zero-order valence-corrected chi connectivity index (χ0v) is 15.1. The number of rotatable bonds is 3. The molecular formula is C16H14ClN3O2S2. The number of hydrogen-bond donors (Lipinski definition) is 2. The van der Waals surface area contributed by atoms with E-state index in [9.17, 15) is 9.90 Å². The van der Waals surface area contributed by atoms with Crippen LogP contribution in [0.4, 0.5) is 0 Å². The number of benzene rings is 1. The third kappa shape index (κ3) is 3.19. The predicted molar refractivity (Wildman–Crippen MR) is 98.6 cm³/mol. The van der Waals surface area contributed by atoms with Crippen LogP contribution < -0.4 is 0 Å². The zero-order valence-electron chi connectivity index (χ0n) is 12.7. The molecule has 2 aromatic rings. The van der Waals surface area contributed by atoms with Gasteiger partial charge in [-0.3, -0.25) is 15.1 Å². The number of hydrogen-bond acceptors (Lipinski definition) is 6. The summed E-state index contributed by atoms with van der Waals surface area (Å²) >= 11 is 8.49. The van der Waals surface area contributed by atoms with E-state index in [1.54, 1.807) is 30.5 Å². The fourth-order valence-electron chi connectivity index (χ4n) is 2.52. The predicted octanol–water partition coefficient (Wildman–Crippen LogP) is 4.34. The Morgan fingerprint density at radius 3 is 2.71 bits per heavy atom. The molecule has 0 unspecified atom stereocenters. The van der Waals surface area contributed by atoms with Crippen molar-refractivity contribution in [1.82, 2.24) is 9.88 Å². The van der Waals surface area contributed by atoms with E-state index in [1.165, 1.54) is 34.9 Å². The number of aromatic nitrogens is 1. The Kier molecular flexibility index (Phi) is 4.93. The summed E-state index contributed by atoms with van der Waals surface area (Å²) in [5, 5.41) is 18.4. The maximum absolute atomic E-state index is 13.1. The van der Waals surface area contributed by atoms with Gasteiger partial charge in [-0.15, -0.1) is 11.3 Å². The fraction of sp³-hybridized carbons (Fsp3) is 0.188. The van der Waals surface area contributed by atoms with Gasteiger partial charge in [0.15, 0.2) is 9.63 Å². The van der Waals surface area contributed by atoms with E-state index in [4.69, 9.17) is 17.0 Å². The number of thiazole rings is 1. The van der Waals surface area contributed by atoms with E-state index >= 15 is 0 Å². The fourth-order valence-corrected chi connectivity index (χ4v) is 4.66. The number of nitrogens with one attached hydrogen (secondary N) is 1. The molecule has 24 heavy (non-hydrogen) atoms. The van der Waals surface area contributed by atoms with E-state index in [-0.39, 0.29) is 22.5 Å². The Balaban J connectivity index is 2.00. The number of amides is 1. The molecule has 0 bridgehead atoms. The first-order chi connectivity index (χ1) is 11.5. The summed E-state index contributed by atoms with van der Waals surface area (Å²) in [5.41, 5.74) is 0.816. The number of aliphatic hydroxyl groups excluding tert-OH is 1. The molecule has 0 radical (unpaired) electrons. The van der Waals surface area contributed by atoms with Crippen LogP contribution in [0.2, 0.25) is 4.47 Å². The second-order valence-electron chi connectivity index (χ2n) is 5.15. The molecule has 1 fully saturated rings. The average Bonchev–Trinajstić information content (AvgIpc) is 3.13. The Morgan fingerprint density at radius 2 is 2.12 bits per heavy atom. The van der Waals surface area contributed by atoms with Crippen molar-refractivity contribution >= 4 is 51.3 Å². The van der Waals surface area contributed by atoms with Gasteiger partial charge in [0.25, 0.3) is 5.91 Å². The SMILES string of the molecule is C/C(O)=C(\C(=O)N1C(=N)SC[C@H]1c1cnc(Cl)s1)c1ccccc1. The summed E-state index contributed by atoms with van der Waals surface area (Å²) in [6.07, 6.45) is 1.63. The molecule has 2 N–H and O–H groups in total. The highest BCUT2D eigenvalue weighted by atomic mass is 35.5. The van der Waals surface area contributed by atoms with Gasteiger partial charge in [0.1, 0.15) is 5.76 Å². The third-order valence-corrected chi connectivity index (χ3v) is 5.76. The van der Waals surface area contributed by atoms with Crippen molar-refractivity contribution in [3.8, 4) is 0 Å². The summed E-state index contributed by atoms with van der Waals surface area (Å²) in [4.78, 5) is 19.3. The smallest absolute Gasteiger partial charge is 0.264 e. The van der Waals surface area contributed by atoms with E-state index in [2.05, 4.69) is 4.98 Å². The van der Waals surface area contributed by atoms with Gasteiger partial charge in [0, 0.05) is 16.8 Å². The van der Waals surface area contributed by atoms with Crippen LogP contribution in [0.15, 0.2) is 42.3 Å². The number of nitrogens with zero attached hydrogens (tertiary/aromatic N) is 2. The monoisotopic (exact) mass is 379 g/mol. The summed E-state index contributed by atoms with van der Waals surface area (Å²) in [5.74, 6) is 0.0954. The first-order valence-electron chi connectivity index (χ1n) is 7.10. The highest BCUT2D eigenvalue weighted by molar-refractivity contribution is 8.14. The van der Waals surface area contributed by atoms with Crippen LogP contribution >= 0.6 is 34.7 Å². The Bertz CT molecular complexity index is 816. The molecule has 0 spiro atoms. The van der Waals surface area contributed by atoms with Crippen LogP contribution in [-0.4, -0.2) is 31.8 Å². The number of thioether (sulfide) groups is 1. The van der Waals surface area contributed by atoms with Gasteiger partial charge in [-0.05, 0) is 12.5 Å². The van der Waals surface area contributed by atoms with Crippen LogP contribution in [0.1, 0.15) is 23.4 Å². The van der Waals surface area contributed by atoms with Crippen molar-refractivity contribution < 1.29 is 9.90 Å². The molecule has 1 aliphatic heterocycles. The number of halogens is 1. The molecular weight excluding hydrogens is 366 g/mol. The van der Waals surface area contributed by atoms with Gasteiger partial charge < -0.3 is 5.11 Å². The first kappa shape index (κ1) is 17.0. The molecule has 1 saturated heterocycles. The van der Waals surface area contributed by atoms with Crippen molar-refractivity contribution in [2.75, 3.05) is 5.75 Å². The number of amidine groups is 1. The minimum absolute atomic E-state index is 0.0722. The molecule has 124 valence electrons. The number of aliphatic hydroxyl groups is 1. The van der Waals surface area contributed by atoms with Crippen molar-refractivity contribution in [1.29, 1.82) is 5.41 Å². The van der Waals surface area contributed by atoms with Crippen molar-refractivity contribution in [2.24, 2.45) is 0 Å². The Hall–Kier alpha value is -1.83. The number of carbonyl (C=O) groups is 1. The lowest BCUT2D eigenvalue weighted by atomic mass is 10.0. The van der Waals surface area contributed by atoms with Gasteiger partial charge in [0.05, 0.1) is 11.6 Å². The molecule has 1 atom stereocenters. The minimum Gasteiger partial charge on any atom is -0.512 e. The first-order valence-corrected chi connectivity index (χ1v) is 9.28. The van der Waals surface area contributed by atoms with E-state index < -0.39 is 5.91 Å². The van der Waals surface area contributed by atoms with Crippen LogP contribution in [0.5, 0.6) is 0 Å². The highest BCUT2D eigenvalue weighted by Crippen LogP contribution is 2.39. The molecule has 1 aromatic carbocycles. The standard InChI is InChI=1S/C16H14ClN3O2S2/c1-9(21)13(10-5-3-2-4-6-10)14(22)20-11(8-23-16(20)18)12-7-19-15(17)24-12/h2-7,11,18,21H,8H2,1H3/b13-9+,18-16?/t11-/m0/s1. The Morgan fingerprint density at radius 1 is 1.42 bits per heavy atom. The van der Waals surface area contributed by atoms with Crippen LogP contribution in [0.25, 0.3) is 5.57 Å². The third-order valence-electron chi connectivity index (χ3n) is 3.59. The molecule has 1 aromatic heterocycles. The molecule has 3 rings (SSSR count). The summed E-state index contributed by atoms with van der Waals surface area (Å²) in [7, 11) is 0. The summed E-state index contributed by atoms with van der Waals surface area (Å²) in [6, 6.07) is 8.66. The highest BCUT2D eigenvalue weighted by Gasteiger charge is 2.38. The lowest BCUT2D eigenvalue weighted by Gasteiger charge is -2.24. The molecule has 0 aliphatic carbocycles. The normalized spacial score (nSPS) is 18.7. The molecule has 5 nitrogen and oxygen atoms in total. The van der Waals surface area contributed by atoms with Crippen LogP contribution in [0, 0.1) is 5.41 Å². The van der Waals surface area contributed by atoms with Crippen molar-refractivity contribution in [3.05, 3.63) is 57.2 Å². The van der Waals surface area contributed by atoms with Gasteiger partial charge in [-0.1, -0.05) is 53.7 Å². The van der Waals surface area contributed by atoms with Gasteiger partial charge in [-0.25, -0.2) is 4.98 Å². The summed E-state index contributed by atoms with van der Waals surface area (Å²) < 4.78 is 0.401. The minimum atomic E-state index is -0.397. The van der Waals surface area contributed by atoms with E-state index in [1.807, 2.05) is 6.07 Å². The van der Waals surface area contributed by atoms with Crippen molar-refractivity contribution in [2.45, 2.75) is 13.0 Å². The quantitative estimate of drug-likeness (QED) is 0.614. The number of allylic oxidation sites excluding steroid dienone is 1. The maximum Gasteiger partial charge on any atom is 0.264 e. The largest absolute Gasteiger partial charge is 0.512 e. The molecule has 8 heteroatoms. The zero-order chi connectivity index (χ0) is 17.3. The molecule has 1 aliphatic rings. The van der Waals surface area contributed by atoms with E-state index in [0.717, 1.165) is 4.88 Å². The lowest BCUT2D eigenvalue weighted by molar-refractivity contribution is -0.122. The van der Waals surface area contributed by atoms with Gasteiger partial charge in [0.2, 0.25) is 0 Å². The maximum atomic E-state index is 13.1. The Labute approximate surface area is 152 Å².